The van der Waals surface area contributed by atoms with Crippen LogP contribution in [-0.2, 0) is 21.0 Å². The van der Waals surface area contributed by atoms with Gasteiger partial charge >= 0.3 is 11.7 Å². The minimum absolute atomic E-state index is 0.141. The number of hydrogen-bond donors (Lipinski definition) is 2. The second-order valence-electron chi connectivity index (χ2n) is 5.82. The van der Waals surface area contributed by atoms with Crippen LogP contribution in [0.25, 0.3) is 5.53 Å². The summed E-state index contributed by atoms with van der Waals surface area (Å²) >= 11 is -1.34. The molecule has 0 spiro atoms. The summed E-state index contributed by atoms with van der Waals surface area (Å²) < 4.78 is 14.5. The van der Waals surface area contributed by atoms with Gasteiger partial charge in [0, 0.05) is 17.8 Å². The highest BCUT2D eigenvalue weighted by Crippen LogP contribution is 2.35. The Bertz CT molecular complexity index is 450. The molecule has 0 aromatic heterocycles. The van der Waals surface area contributed by atoms with Gasteiger partial charge < -0.3 is 15.2 Å². The van der Waals surface area contributed by atoms with Gasteiger partial charge in [-0.3, -0.25) is 4.79 Å². The molecule has 1 fully saturated rings. The van der Waals surface area contributed by atoms with E-state index in [1.54, 1.807) is 20.8 Å². The lowest BCUT2D eigenvalue weighted by Crippen LogP contribution is -2.47. The van der Waals surface area contributed by atoms with Gasteiger partial charge in [-0.15, -0.1) is 4.72 Å². The van der Waals surface area contributed by atoms with Gasteiger partial charge in [-0.2, -0.15) is 4.79 Å². The van der Waals surface area contributed by atoms with E-state index in [4.69, 9.17) is 10.6 Å². The first-order valence-electron chi connectivity index (χ1n) is 6.33. The molecule has 112 valence electrons. The van der Waals surface area contributed by atoms with Gasteiger partial charge in [0.2, 0.25) is 0 Å². The van der Waals surface area contributed by atoms with Gasteiger partial charge in [-0.05, 0) is 39.5 Å². The molecule has 0 saturated heterocycles. The molecule has 0 amide bonds. The van der Waals surface area contributed by atoms with Gasteiger partial charge in [0.15, 0.2) is 0 Å². The molecule has 1 rings (SSSR count). The van der Waals surface area contributed by atoms with Crippen LogP contribution in [0.4, 0.5) is 0 Å². The molecule has 1 saturated carbocycles. The third-order valence-corrected chi connectivity index (χ3v) is 4.61. The predicted molar refractivity (Wildman–Crippen MR) is 73.4 cm³/mol. The number of carbonyl (C=O) groups excluding carboxylic acids is 1. The van der Waals surface area contributed by atoms with Crippen molar-refractivity contribution in [3.8, 4) is 0 Å². The predicted octanol–water partition coefficient (Wildman–Crippen LogP) is 0.531. The first-order valence-corrected chi connectivity index (χ1v) is 7.48. The van der Waals surface area contributed by atoms with E-state index in [2.05, 4.69) is 9.51 Å². The van der Waals surface area contributed by atoms with Crippen molar-refractivity contribution in [1.29, 1.82) is 0 Å². The molecule has 1 aliphatic carbocycles. The highest BCUT2D eigenvalue weighted by atomic mass is 32.2. The van der Waals surface area contributed by atoms with Crippen molar-refractivity contribution in [3.63, 3.8) is 0 Å². The van der Waals surface area contributed by atoms with E-state index >= 15 is 0 Å². The molecule has 1 aliphatic rings. The molecule has 0 heterocycles. The van der Waals surface area contributed by atoms with E-state index < -0.39 is 33.6 Å². The van der Waals surface area contributed by atoms with E-state index in [0.717, 1.165) is 12.8 Å². The third kappa shape index (κ3) is 4.72. The molecule has 0 radical (unpaired) electrons. The molecule has 2 atom stereocenters. The molecule has 1 unspecified atom stereocenters. The quantitative estimate of drug-likeness (QED) is 0.233. The van der Waals surface area contributed by atoms with Gasteiger partial charge in [0.25, 0.3) is 5.78 Å². The largest absolute Gasteiger partial charge is 0.598 e. The van der Waals surface area contributed by atoms with Crippen LogP contribution in [0, 0.1) is 5.92 Å². The summed E-state index contributed by atoms with van der Waals surface area (Å²) in [6.45, 7) is 5.42. The molecule has 8 heteroatoms. The molecule has 2 N–H and O–H groups in total. The first kappa shape index (κ1) is 16.8. The number of rotatable bonds is 7. The molecule has 20 heavy (non-hydrogen) atoms. The van der Waals surface area contributed by atoms with Gasteiger partial charge in [0.05, 0.1) is 6.04 Å². The Morgan fingerprint density at radius 2 is 2.05 bits per heavy atom. The second kappa shape index (κ2) is 6.49. The van der Waals surface area contributed by atoms with Crippen molar-refractivity contribution in [2.24, 2.45) is 5.92 Å². The minimum Gasteiger partial charge on any atom is -0.598 e. The van der Waals surface area contributed by atoms with E-state index in [1.165, 1.54) is 0 Å². The topological polar surface area (TPSA) is 126 Å². The van der Waals surface area contributed by atoms with Crippen molar-refractivity contribution < 1.29 is 24.0 Å². The Morgan fingerprint density at radius 3 is 2.40 bits per heavy atom. The highest BCUT2D eigenvalue weighted by Gasteiger charge is 2.41. The Labute approximate surface area is 120 Å². The molecular formula is C12H19N3O4S. The molecule has 7 nitrogen and oxygen atoms in total. The van der Waals surface area contributed by atoms with Crippen LogP contribution in [0.2, 0.25) is 0 Å². The van der Waals surface area contributed by atoms with Crippen molar-refractivity contribution in [2.75, 3.05) is 0 Å². The monoisotopic (exact) mass is 301 g/mol. The van der Waals surface area contributed by atoms with Crippen molar-refractivity contribution in [3.05, 3.63) is 5.53 Å². The smallest absolute Gasteiger partial charge is 0.441 e. The first-order chi connectivity index (χ1) is 9.16. The number of Topliss-reactive ketones (excluding diaryl/α,β-unsaturated/α-hetero) is 1. The number of carbonyl (C=O) groups is 2. The lowest BCUT2D eigenvalue weighted by atomic mass is 10.0. The number of nitrogens with zero attached hydrogens (tertiary/aromatic N) is 2. The summed E-state index contributed by atoms with van der Waals surface area (Å²) in [5.41, 5.74) is 7.66. The Morgan fingerprint density at radius 1 is 1.50 bits per heavy atom. The zero-order valence-electron chi connectivity index (χ0n) is 11.8. The average molecular weight is 301 g/mol. The van der Waals surface area contributed by atoms with Crippen molar-refractivity contribution in [2.45, 2.75) is 50.8 Å². The van der Waals surface area contributed by atoms with Crippen LogP contribution in [0.15, 0.2) is 0 Å². The normalized spacial score (nSPS) is 18.0. The summed E-state index contributed by atoms with van der Waals surface area (Å²) in [5.74, 6) is -2.13. The number of nitrogens with one attached hydrogen (secondary N) is 1. The van der Waals surface area contributed by atoms with E-state index in [9.17, 15) is 14.1 Å². The van der Waals surface area contributed by atoms with Gasteiger partial charge in [0.1, 0.15) is 4.75 Å². The molecule has 0 bridgehead atoms. The number of hydrogen-bond acceptors (Lipinski definition) is 4. The van der Waals surface area contributed by atoms with Crippen molar-refractivity contribution >= 4 is 28.8 Å². The summed E-state index contributed by atoms with van der Waals surface area (Å²) in [4.78, 5) is 25.0. The maximum Gasteiger partial charge on any atom is 0.441 e. The lowest BCUT2D eigenvalue weighted by Gasteiger charge is -2.27. The maximum absolute atomic E-state index is 12.1. The maximum atomic E-state index is 12.1. The average Bonchev–Trinajstić information content (AvgIpc) is 3.10. The van der Waals surface area contributed by atoms with E-state index in [-0.39, 0.29) is 18.4 Å². The second-order valence-corrected chi connectivity index (χ2v) is 7.82. The molecule has 0 aromatic carbocycles. The Hall–Kier alpha value is -1.21. The van der Waals surface area contributed by atoms with Crippen LogP contribution in [0.3, 0.4) is 0 Å². The third-order valence-electron chi connectivity index (χ3n) is 2.98. The number of carboxylic acids is 1. The number of ketones is 1. The van der Waals surface area contributed by atoms with Crippen molar-refractivity contribution in [1.82, 2.24) is 4.72 Å². The number of carboxylic acid groups (broad SMARTS) is 1. The Kier molecular flexibility index (Phi) is 5.47. The summed E-state index contributed by atoms with van der Waals surface area (Å²) in [6, 6.07) is -0.362. The fourth-order valence-corrected chi connectivity index (χ4v) is 2.54. The van der Waals surface area contributed by atoms with Crippen LogP contribution < -0.4 is 4.72 Å². The van der Waals surface area contributed by atoms with Crippen LogP contribution >= 0.6 is 0 Å². The number of aliphatic carboxylic acids is 1. The van der Waals surface area contributed by atoms with Crippen LogP contribution in [0.1, 0.15) is 40.0 Å². The standard InChI is InChI=1S/C12H19N3O4S/c1-12(2,3)20(19)15-8(7-4-5-7)6-9(16)10(14-13)11(17)18/h7-8,15H,4-6H2,1-3H3,(H,17,18)/t8?,20-/m1/s1. The summed E-state index contributed by atoms with van der Waals surface area (Å²) in [6.07, 6.45) is 1.67. The van der Waals surface area contributed by atoms with Crippen LogP contribution in [0.5, 0.6) is 0 Å². The summed E-state index contributed by atoms with van der Waals surface area (Å²) in [7, 11) is 0. The highest BCUT2D eigenvalue weighted by molar-refractivity contribution is 7.90. The van der Waals surface area contributed by atoms with E-state index in [1.807, 2.05) is 0 Å². The van der Waals surface area contributed by atoms with Gasteiger partial charge in [-0.25, -0.2) is 4.79 Å². The van der Waals surface area contributed by atoms with Crippen LogP contribution in [-0.4, -0.2) is 42.7 Å². The zero-order valence-corrected chi connectivity index (χ0v) is 12.6. The molecule has 0 aliphatic heterocycles. The Balaban J connectivity index is 2.72. The molecule has 0 aromatic rings. The fourth-order valence-electron chi connectivity index (χ4n) is 1.63. The lowest BCUT2D eigenvalue weighted by molar-refractivity contribution is -0.136. The zero-order chi connectivity index (χ0) is 15.5. The minimum atomic E-state index is -1.57. The molecular weight excluding hydrogens is 282 g/mol. The fraction of sp³-hybridized carbons (Fsp3) is 0.750. The van der Waals surface area contributed by atoms with E-state index in [0.29, 0.717) is 0 Å². The van der Waals surface area contributed by atoms with Gasteiger partial charge in [-0.1, -0.05) is 0 Å². The summed E-state index contributed by atoms with van der Waals surface area (Å²) in [5, 5.41) is 8.73. The SMILES string of the molecule is CC(C)(C)[S@@+]([O-])NC(CC(=O)C(=[N+]=[N-])C(=O)O)C1CC1.